The number of aromatic nitrogens is 1. The molecule has 0 radical (unpaired) electrons. The Morgan fingerprint density at radius 1 is 1.03 bits per heavy atom. The number of carbonyl (C=O) groups is 6. The third-order valence-corrected chi connectivity index (χ3v) is 16.7. The Balaban J connectivity index is 1.12. The number of hydrogen-bond acceptors (Lipinski definition) is 15. The monoisotopic (exact) mass is 945 g/mol. The molecule has 0 aliphatic carbocycles. The summed E-state index contributed by atoms with van der Waals surface area (Å²) < 4.78 is 63.8. The molecule has 0 fully saturated rings. The molecule has 5 rings (SSSR count). The highest BCUT2D eigenvalue weighted by molar-refractivity contribution is 8.28. The minimum atomic E-state index is -4.59. The number of carbonyl (C=O) groups excluding carboxylic acids is 6. The Bertz CT molecular complexity index is 2540. The van der Waals surface area contributed by atoms with Crippen molar-refractivity contribution in [2.45, 2.75) is 98.2 Å². The van der Waals surface area contributed by atoms with E-state index in [-0.39, 0.29) is 28.9 Å². The van der Waals surface area contributed by atoms with Gasteiger partial charge in [0.25, 0.3) is 27.7 Å². The van der Waals surface area contributed by atoms with E-state index in [1.807, 2.05) is 4.72 Å². The average Bonchev–Trinajstić information content (AvgIpc) is 3.79. The van der Waals surface area contributed by atoms with Crippen molar-refractivity contribution in [1.29, 1.82) is 0 Å². The number of hydrogen-bond donors (Lipinski definition) is 6. The number of sulfonamides is 1. The van der Waals surface area contributed by atoms with Crippen LogP contribution in [0.4, 0.5) is 11.4 Å². The molecule has 0 bridgehead atoms. The number of ether oxygens (including phenoxy) is 2. The lowest BCUT2D eigenvalue weighted by molar-refractivity contribution is -0.171. The molecule has 4 amide bonds. The number of thioether (sulfide) groups is 1. The summed E-state index contributed by atoms with van der Waals surface area (Å²) in [4.78, 5) is 82.6. The van der Waals surface area contributed by atoms with Crippen LogP contribution in [-0.2, 0) is 53.3 Å². The molecular weight excluding hydrogens is 891 g/mol. The summed E-state index contributed by atoms with van der Waals surface area (Å²) in [5, 5.41) is 10.8. The predicted octanol–water partition coefficient (Wildman–Crippen LogP) is 3.21. The molecular formula is C42H55N7O12S3. The molecule has 3 aliphatic rings. The molecule has 2 aromatic rings. The second-order valence-corrected chi connectivity index (χ2v) is 21.0. The van der Waals surface area contributed by atoms with Gasteiger partial charge < -0.3 is 40.6 Å². The van der Waals surface area contributed by atoms with Crippen LogP contribution >= 0.6 is 11.8 Å². The largest absolute Gasteiger partial charge is 0.451 e. The number of aromatic amines is 1. The molecule has 19 nitrogen and oxygen atoms in total. The van der Waals surface area contributed by atoms with Crippen LogP contribution in [0.1, 0.15) is 93.7 Å². The lowest BCUT2D eigenvalue weighted by atomic mass is 10.0. The number of fused-ring (bicyclic) bond motifs is 1. The van der Waals surface area contributed by atoms with Crippen LogP contribution in [0.5, 0.6) is 0 Å². The van der Waals surface area contributed by atoms with Crippen LogP contribution in [-0.4, -0.2) is 119 Å². The molecule has 4 atom stereocenters. The highest BCUT2D eigenvalue weighted by atomic mass is 32.3. The van der Waals surface area contributed by atoms with Crippen molar-refractivity contribution in [2.24, 2.45) is 0 Å². The SMILES string of the molecule is CCN[C@H]1C=C(S(=O)(=O)NC(=O)[C@H](C)OC(=O)[C@H](C)OC(=O)CCC(=O)Nc2ccc3c(c2)/C(=C/c2[nH]c(C)c(C(=O)NCCN(CC)CC)c2C)C(=O)N3)SC2=C1C[C@H](C)S2(=O)=O. The molecule has 1 aromatic heterocycles. The van der Waals surface area contributed by atoms with E-state index in [0.29, 0.717) is 82.0 Å². The maximum atomic E-state index is 13.2. The minimum absolute atomic E-state index is 0.0759. The minimum Gasteiger partial charge on any atom is -0.451 e. The van der Waals surface area contributed by atoms with Gasteiger partial charge >= 0.3 is 11.9 Å². The average molecular weight is 946 g/mol. The van der Waals surface area contributed by atoms with E-state index in [1.165, 1.54) is 19.9 Å². The van der Waals surface area contributed by atoms with Crippen LogP contribution in [0.15, 0.2) is 38.3 Å². The summed E-state index contributed by atoms with van der Waals surface area (Å²) in [7, 11) is -8.36. The molecule has 4 heterocycles. The molecule has 348 valence electrons. The zero-order chi connectivity index (χ0) is 47.3. The van der Waals surface area contributed by atoms with Crippen molar-refractivity contribution < 1.29 is 55.1 Å². The first-order valence-corrected chi connectivity index (χ1v) is 24.7. The summed E-state index contributed by atoms with van der Waals surface area (Å²) in [5.41, 5.74) is 4.56. The van der Waals surface area contributed by atoms with Gasteiger partial charge in [-0.3, -0.25) is 24.0 Å². The van der Waals surface area contributed by atoms with Crippen LogP contribution < -0.4 is 26.0 Å². The second-order valence-electron chi connectivity index (χ2n) is 15.4. The van der Waals surface area contributed by atoms with Crippen molar-refractivity contribution >= 4 is 90.2 Å². The van der Waals surface area contributed by atoms with E-state index in [1.54, 1.807) is 45.0 Å². The maximum Gasteiger partial charge on any atom is 0.347 e. The lowest BCUT2D eigenvalue weighted by Gasteiger charge is -2.23. The van der Waals surface area contributed by atoms with E-state index in [9.17, 15) is 45.6 Å². The van der Waals surface area contributed by atoms with E-state index in [0.717, 1.165) is 20.0 Å². The second kappa shape index (κ2) is 20.7. The molecule has 22 heteroatoms. The third-order valence-electron chi connectivity index (χ3n) is 10.9. The number of nitrogens with one attached hydrogen (secondary N) is 6. The first kappa shape index (κ1) is 49.7. The van der Waals surface area contributed by atoms with Crippen molar-refractivity contribution in [3.05, 3.63) is 66.4 Å². The van der Waals surface area contributed by atoms with Gasteiger partial charge in [-0.15, -0.1) is 0 Å². The smallest absolute Gasteiger partial charge is 0.347 e. The zero-order valence-electron chi connectivity index (χ0n) is 36.9. The molecule has 64 heavy (non-hydrogen) atoms. The quantitative estimate of drug-likeness (QED) is 0.0872. The number of likely N-dealkylation sites (N-methyl/N-ethyl adjacent to an activating group) is 2. The highest BCUT2D eigenvalue weighted by Gasteiger charge is 2.44. The number of amides is 4. The molecule has 1 aromatic carbocycles. The van der Waals surface area contributed by atoms with E-state index in [4.69, 9.17) is 9.47 Å². The summed E-state index contributed by atoms with van der Waals surface area (Å²) in [6.07, 6.45) is -0.798. The van der Waals surface area contributed by atoms with Gasteiger partial charge in [-0.25, -0.2) is 26.4 Å². The van der Waals surface area contributed by atoms with Gasteiger partial charge in [0.1, 0.15) is 8.47 Å². The molecule has 0 saturated heterocycles. The number of sulfone groups is 1. The molecule has 3 aliphatic heterocycles. The summed E-state index contributed by atoms with van der Waals surface area (Å²) >= 11 is 0.532. The van der Waals surface area contributed by atoms with Crippen molar-refractivity contribution in [2.75, 3.05) is 43.4 Å². The van der Waals surface area contributed by atoms with Gasteiger partial charge in [-0.1, -0.05) is 32.5 Å². The Hall–Kier alpha value is -5.29. The molecule has 0 spiro atoms. The van der Waals surface area contributed by atoms with Crippen LogP contribution in [0, 0.1) is 13.8 Å². The number of benzene rings is 1. The number of rotatable bonds is 19. The van der Waals surface area contributed by atoms with Gasteiger partial charge in [0, 0.05) is 47.8 Å². The highest BCUT2D eigenvalue weighted by Crippen LogP contribution is 2.48. The third kappa shape index (κ3) is 11.3. The Labute approximate surface area is 377 Å². The molecule has 0 saturated carbocycles. The summed E-state index contributed by atoms with van der Waals surface area (Å²) in [6.45, 7) is 16.6. The standard InChI is InChI=1S/C42H55N7O12S3/c1-9-43-33-21-36(62-42-30(33)18-22(4)63(42,56)57)64(58,59)48-38(52)25(7)61-41(55)26(8)60-35(51)15-14-34(50)46-27-12-13-31-28(19-27)29(39(53)47-31)20-32-23(5)37(24(6)45-32)40(54)44-16-17-49(10-2)11-3/h12-13,19-22,25-26,33,43,45H,9-11,14-18H2,1-8H3,(H,44,54)(H,46,50)(H,47,53)(H,48,52)/b29-20-/t22-,25-,26-,33-/m0/s1. The van der Waals surface area contributed by atoms with E-state index >= 15 is 0 Å². The van der Waals surface area contributed by atoms with E-state index < -0.39 is 77.8 Å². The van der Waals surface area contributed by atoms with E-state index in [2.05, 4.69) is 45.0 Å². The van der Waals surface area contributed by atoms with Crippen molar-refractivity contribution in [3.8, 4) is 0 Å². The Kier molecular flexibility index (Phi) is 16.1. The molecule has 6 N–H and O–H groups in total. The normalized spacial score (nSPS) is 19.3. The topological polar surface area (TPSA) is 268 Å². The summed E-state index contributed by atoms with van der Waals surface area (Å²) in [6, 6.07) is 4.10. The first-order valence-electron chi connectivity index (χ1n) is 20.8. The van der Waals surface area contributed by atoms with Crippen LogP contribution in [0.25, 0.3) is 11.6 Å². The fraction of sp³-hybridized carbons (Fsp3) is 0.476. The van der Waals surface area contributed by atoms with Gasteiger partial charge in [-0.2, -0.15) is 0 Å². The number of aryl methyl sites for hydroxylation is 1. The van der Waals surface area contributed by atoms with Gasteiger partial charge in [0.2, 0.25) is 5.91 Å². The predicted molar refractivity (Wildman–Crippen MR) is 243 cm³/mol. The fourth-order valence-electron chi connectivity index (χ4n) is 7.26. The maximum absolute atomic E-state index is 13.2. The molecule has 0 unspecified atom stereocenters. The number of nitrogens with zero attached hydrogens (tertiary/aromatic N) is 1. The lowest BCUT2D eigenvalue weighted by Crippen LogP contribution is -2.42. The fourth-order valence-corrected chi connectivity index (χ4v) is 12.4. The number of H-pyrrole nitrogens is 1. The van der Waals surface area contributed by atoms with Crippen LogP contribution in [0.3, 0.4) is 0 Å². The van der Waals surface area contributed by atoms with Gasteiger partial charge in [0.05, 0.1) is 28.8 Å². The number of anilines is 2. The Morgan fingerprint density at radius 2 is 1.73 bits per heavy atom. The van der Waals surface area contributed by atoms with Crippen molar-refractivity contribution in [3.63, 3.8) is 0 Å². The van der Waals surface area contributed by atoms with Gasteiger partial charge in [-0.05, 0) is 102 Å². The van der Waals surface area contributed by atoms with Gasteiger partial charge in [0.15, 0.2) is 22.0 Å². The number of esters is 2. The zero-order valence-corrected chi connectivity index (χ0v) is 39.4. The Morgan fingerprint density at radius 3 is 2.41 bits per heavy atom. The van der Waals surface area contributed by atoms with Crippen molar-refractivity contribution in [1.82, 2.24) is 25.2 Å². The van der Waals surface area contributed by atoms with Crippen LogP contribution in [0.2, 0.25) is 0 Å². The summed E-state index contributed by atoms with van der Waals surface area (Å²) in [5.74, 6) is -4.52. The first-order chi connectivity index (χ1) is 30.1.